The number of nitrogens with one attached hydrogen (secondary N) is 1. The highest BCUT2D eigenvalue weighted by atomic mass is 32.2. The zero-order chi connectivity index (χ0) is 24.4. The maximum absolute atomic E-state index is 13.4. The lowest BCUT2D eigenvalue weighted by Crippen LogP contribution is -2.47. The maximum Gasteiger partial charge on any atom is 0.247 e. The summed E-state index contributed by atoms with van der Waals surface area (Å²) in [5.74, 6) is -0.109. The number of hydrogen-bond donors (Lipinski definition) is 1. The fraction of sp³-hybridized carbons (Fsp3) is 0.417. The molecule has 0 bridgehead atoms. The monoisotopic (exact) mass is 475 g/mol. The summed E-state index contributed by atoms with van der Waals surface area (Å²) in [7, 11) is -0.660. The minimum Gasteiger partial charge on any atom is -0.497 e. The quantitative estimate of drug-likeness (QED) is 0.476. The van der Waals surface area contributed by atoms with E-state index in [0.717, 1.165) is 29.0 Å². The fourth-order valence-electron chi connectivity index (χ4n) is 3.24. The first-order chi connectivity index (χ1) is 15.7. The van der Waals surface area contributed by atoms with Crippen LogP contribution in [-0.4, -0.2) is 62.9 Å². The third kappa shape index (κ3) is 7.87. The minimum atomic E-state index is -3.57. The first kappa shape index (κ1) is 26.3. The van der Waals surface area contributed by atoms with E-state index in [4.69, 9.17) is 4.74 Å². The standard InChI is InChI=1S/C24H33N3O5S/c1-5-6-16-25-24(29)23(20-10-8-7-9-11-20)27(22(28)18-26(2)33(4,30)31)17-19-12-14-21(32-3)15-13-19/h7-15,23H,5-6,16-18H2,1-4H3,(H,25,29)/t23-/m1/s1. The minimum absolute atomic E-state index is 0.126. The summed E-state index contributed by atoms with van der Waals surface area (Å²) in [6.07, 6.45) is 2.78. The SMILES string of the molecule is CCCCNC(=O)[C@@H](c1ccccc1)N(Cc1ccc(OC)cc1)C(=O)CN(C)S(C)(=O)=O. The molecule has 1 N–H and O–H groups in total. The molecule has 0 spiro atoms. The number of benzene rings is 2. The first-order valence-electron chi connectivity index (χ1n) is 10.8. The van der Waals surface area contributed by atoms with Crippen molar-refractivity contribution in [2.45, 2.75) is 32.4 Å². The van der Waals surface area contributed by atoms with Crippen LogP contribution >= 0.6 is 0 Å². The number of carbonyl (C=O) groups excluding carboxylic acids is 2. The molecule has 0 radical (unpaired) electrons. The summed E-state index contributed by atoms with van der Waals surface area (Å²) < 4.78 is 30.0. The van der Waals surface area contributed by atoms with Crippen molar-refractivity contribution in [2.24, 2.45) is 0 Å². The number of likely N-dealkylation sites (N-methyl/N-ethyl adjacent to an activating group) is 1. The van der Waals surface area contributed by atoms with Crippen molar-refractivity contribution in [3.63, 3.8) is 0 Å². The molecule has 2 amide bonds. The van der Waals surface area contributed by atoms with Crippen LogP contribution < -0.4 is 10.1 Å². The van der Waals surface area contributed by atoms with E-state index < -0.39 is 22.0 Å². The van der Waals surface area contributed by atoms with Gasteiger partial charge in [0.05, 0.1) is 19.9 Å². The molecule has 0 unspecified atom stereocenters. The van der Waals surface area contributed by atoms with Crippen molar-refractivity contribution in [3.8, 4) is 5.75 Å². The summed E-state index contributed by atoms with van der Waals surface area (Å²) in [6.45, 7) is 2.27. The van der Waals surface area contributed by atoms with Crippen molar-refractivity contribution in [1.29, 1.82) is 0 Å². The summed E-state index contributed by atoms with van der Waals surface area (Å²) in [4.78, 5) is 28.1. The van der Waals surface area contributed by atoms with E-state index in [0.29, 0.717) is 17.9 Å². The van der Waals surface area contributed by atoms with Gasteiger partial charge in [-0.3, -0.25) is 9.59 Å². The smallest absolute Gasteiger partial charge is 0.247 e. The lowest BCUT2D eigenvalue weighted by atomic mass is 10.0. The van der Waals surface area contributed by atoms with Crippen LogP contribution in [0.1, 0.15) is 36.9 Å². The second-order valence-electron chi connectivity index (χ2n) is 7.85. The third-order valence-corrected chi connectivity index (χ3v) is 6.52. The zero-order valence-electron chi connectivity index (χ0n) is 19.7. The predicted octanol–water partition coefficient (Wildman–Crippen LogP) is 2.57. The summed E-state index contributed by atoms with van der Waals surface area (Å²) >= 11 is 0. The van der Waals surface area contributed by atoms with Crippen LogP contribution in [0.2, 0.25) is 0 Å². The predicted molar refractivity (Wildman–Crippen MR) is 128 cm³/mol. The van der Waals surface area contributed by atoms with Gasteiger partial charge in [-0.25, -0.2) is 8.42 Å². The van der Waals surface area contributed by atoms with Crippen molar-refractivity contribution < 1.29 is 22.7 Å². The van der Waals surface area contributed by atoms with Crippen molar-refractivity contribution in [1.82, 2.24) is 14.5 Å². The van der Waals surface area contributed by atoms with Crippen LogP contribution in [0.3, 0.4) is 0 Å². The number of ether oxygens (including phenoxy) is 1. The number of hydrogen-bond acceptors (Lipinski definition) is 5. The van der Waals surface area contributed by atoms with Gasteiger partial charge in [0.2, 0.25) is 21.8 Å². The molecule has 0 heterocycles. The van der Waals surface area contributed by atoms with E-state index in [-0.39, 0.29) is 19.0 Å². The van der Waals surface area contributed by atoms with Gasteiger partial charge in [-0.1, -0.05) is 55.8 Å². The van der Waals surface area contributed by atoms with Gasteiger partial charge in [0.25, 0.3) is 0 Å². The number of sulfonamides is 1. The molecule has 8 nitrogen and oxygen atoms in total. The van der Waals surface area contributed by atoms with E-state index in [1.165, 1.54) is 11.9 Å². The highest BCUT2D eigenvalue weighted by molar-refractivity contribution is 7.88. The highest BCUT2D eigenvalue weighted by Crippen LogP contribution is 2.25. The molecule has 0 saturated carbocycles. The summed E-state index contributed by atoms with van der Waals surface area (Å²) in [5.41, 5.74) is 1.43. The van der Waals surface area contributed by atoms with Gasteiger partial charge in [0, 0.05) is 20.1 Å². The van der Waals surface area contributed by atoms with Gasteiger partial charge in [-0.05, 0) is 29.7 Å². The molecule has 0 saturated heterocycles. The fourth-order valence-corrected chi connectivity index (χ4v) is 3.59. The molecule has 2 aromatic carbocycles. The number of nitrogens with zero attached hydrogens (tertiary/aromatic N) is 2. The third-order valence-electron chi connectivity index (χ3n) is 5.26. The average Bonchev–Trinajstić information content (AvgIpc) is 2.79. The number of unbranched alkanes of at least 4 members (excludes halogenated alkanes) is 1. The summed E-state index contributed by atoms with van der Waals surface area (Å²) in [6, 6.07) is 15.3. The Labute approximate surface area is 196 Å². The normalized spacial score (nSPS) is 12.3. The molecule has 1 atom stereocenters. The van der Waals surface area contributed by atoms with E-state index >= 15 is 0 Å². The molecular weight excluding hydrogens is 442 g/mol. The van der Waals surface area contributed by atoms with E-state index in [9.17, 15) is 18.0 Å². The van der Waals surface area contributed by atoms with Crippen LogP contribution in [0.25, 0.3) is 0 Å². The lowest BCUT2D eigenvalue weighted by Gasteiger charge is -2.32. The van der Waals surface area contributed by atoms with Crippen molar-refractivity contribution in [3.05, 3.63) is 65.7 Å². The second-order valence-corrected chi connectivity index (χ2v) is 9.94. The Hall–Kier alpha value is -2.91. The number of amides is 2. The Balaban J connectivity index is 2.45. The summed E-state index contributed by atoms with van der Waals surface area (Å²) in [5, 5.41) is 2.92. The Morgan fingerprint density at radius 2 is 1.70 bits per heavy atom. The largest absolute Gasteiger partial charge is 0.497 e. The van der Waals surface area contributed by atoms with Gasteiger partial charge in [-0.2, -0.15) is 4.31 Å². The molecular formula is C24H33N3O5S. The molecule has 0 fully saturated rings. The van der Waals surface area contributed by atoms with Crippen molar-refractivity contribution in [2.75, 3.05) is 33.5 Å². The first-order valence-corrected chi connectivity index (χ1v) is 12.7. The Morgan fingerprint density at radius 1 is 1.06 bits per heavy atom. The molecule has 2 aromatic rings. The Bertz CT molecular complexity index is 1010. The second kappa shape index (κ2) is 12.4. The molecule has 9 heteroatoms. The number of carbonyl (C=O) groups is 2. The van der Waals surface area contributed by atoms with Crippen molar-refractivity contribution >= 4 is 21.8 Å². The average molecular weight is 476 g/mol. The van der Waals surface area contributed by atoms with E-state index in [1.807, 2.05) is 25.1 Å². The van der Waals surface area contributed by atoms with E-state index in [2.05, 4.69) is 5.32 Å². The lowest BCUT2D eigenvalue weighted by molar-refractivity contribution is -0.141. The maximum atomic E-state index is 13.4. The number of rotatable bonds is 12. The molecule has 0 aliphatic heterocycles. The van der Waals surface area contributed by atoms with Crippen LogP contribution in [0.4, 0.5) is 0 Å². The topological polar surface area (TPSA) is 96.0 Å². The molecule has 0 aliphatic carbocycles. The van der Waals surface area contributed by atoms with Crippen LogP contribution in [0.15, 0.2) is 54.6 Å². The molecule has 2 rings (SSSR count). The molecule has 33 heavy (non-hydrogen) atoms. The van der Waals surface area contributed by atoms with Gasteiger partial charge < -0.3 is 15.0 Å². The van der Waals surface area contributed by atoms with Gasteiger partial charge in [0.1, 0.15) is 11.8 Å². The molecule has 0 aromatic heterocycles. The van der Waals surface area contributed by atoms with Crippen LogP contribution in [0, 0.1) is 0 Å². The number of methoxy groups -OCH3 is 1. The zero-order valence-corrected chi connectivity index (χ0v) is 20.5. The molecule has 180 valence electrons. The van der Waals surface area contributed by atoms with E-state index in [1.54, 1.807) is 43.5 Å². The molecule has 0 aliphatic rings. The highest BCUT2D eigenvalue weighted by Gasteiger charge is 2.32. The van der Waals surface area contributed by atoms with Crippen LogP contribution in [0.5, 0.6) is 5.75 Å². The van der Waals surface area contributed by atoms with Gasteiger partial charge in [0.15, 0.2) is 0 Å². The Morgan fingerprint density at radius 3 is 2.24 bits per heavy atom. The van der Waals surface area contributed by atoms with Gasteiger partial charge in [-0.15, -0.1) is 0 Å². The Kier molecular flexibility index (Phi) is 9.87. The van der Waals surface area contributed by atoms with Crippen LogP contribution in [-0.2, 0) is 26.2 Å². The van der Waals surface area contributed by atoms with Gasteiger partial charge >= 0.3 is 0 Å².